The van der Waals surface area contributed by atoms with E-state index in [1.807, 2.05) is 20.8 Å². The maximum absolute atomic E-state index is 10.8. The van der Waals surface area contributed by atoms with Gasteiger partial charge in [-0.1, -0.05) is 0 Å². The Labute approximate surface area is 185 Å². The van der Waals surface area contributed by atoms with Crippen LogP contribution < -0.4 is 14.8 Å². The lowest BCUT2D eigenvalue weighted by Gasteiger charge is -2.38. The minimum absolute atomic E-state index is 0.00803. The molecule has 6 heteroatoms. The van der Waals surface area contributed by atoms with Crippen LogP contribution in [0.5, 0.6) is 11.5 Å². The fourth-order valence-corrected chi connectivity index (χ4v) is 4.30. The van der Waals surface area contributed by atoms with Crippen molar-refractivity contribution in [3.8, 4) is 11.5 Å². The SMILES string of the molecule is Cc1cc(C)nc(NCCC2(C)CCc3c(C)c(OCCC(=O)O)c(C)c(C)c3O2)c1. The molecule has 2 heterocycles. The van der Waals surface area contributed by atoms with Gasteiger partial charge in [0.1, 0.15) is 22.9 Å². The van der Waals surface area contributed by atoms with Gasteiger partial charge in [-0.25, -0.2) is 4.98 Å². The number of aliphatic carboxylic acids is 1. The van der Waals surface area contributed by atoms with Gasteiger partial charge in [-0.15, -0.1) is 0 Å². The molecule has 168 valence electrons. The van der Waals surface area contributed by atoms with Crippen LogP contribution in [0.25, 0.3) is 0 Å². The van der Waals surface area contributed by atoms with Gasteiger partial charge in [-0.2, -0.15) is 0 Å². The summed E-state index contributed by atoms with van der Waals surface area (Å²) in [5, 5.41) is 12.3. The monoisotopic (exact) mass is 426 g/mol. The average Bonchev–Trinajstić information content (AvgIpc) is 2.68. The molecule has 0 saturated heterocycles. The highest BCUT2D eigenvalue weighted by Gasteiger charge is 2.34. The molecule has 1 unspecified atom stereocenters. The smallest absolute Gasteiger partial charge is 0.306 e. The van der Waals surface area contributed by atoms with Gasteiger partial charge in [0.2, 0.25) is 0 Å². The number of benzene rings is 1. The van der Waals surface area contributed by atoms with Gasteiger partial charge in [0, 0.05) is 24.2 Å². The molecule has 1 aromatic carbocycles. The number of aromatic nitrogens is 1. The zero-order valence-corrected chi connectivity index (χ0v) is 19.5. The summed E-state index contributed by atoms with van der Waals surface area (Å²) in [6, 6.07) is 4.13. The topological polar surface area (TPSA) is 80.7 Å². The van der Waals surface area contributed by atoms with Crippen molar-refractivity contribution in [3.05, 3.63) is 45.6 Å². The van der Waals surface area contributed by atoms with Crippen molar-refractivity contribution in [2.24, 2.45) is 0 Å². The highest BCUT2D eigenvalue weighted by molar-refractivity contribution is 5.67. The Morgan fingerprint density at radius 1 is 1.19 bits per heavy atom. The maximum Gasteiger partial charge on any atom is 0.306 e. The second-order valence-corrected chi connectivity index (χ2v) is 8.90. The third-order valence-corrected chi connectivity index (χ3v) is 6.18. The van der Waals surface area contributed by atoms with Crippen LogP contribution in [0.4, 0.5) is 5.82 Å². The quantitative estimate of drug-likeness (QED) is 0.614. The molecule has 0 bridgehead atoms. The van der Waals surface area contributed by atoms with E-state index >= 15 is 0 Å². The number of anilines is 1. The summed E-state index contributed by atoms with van der Waals surface area (Å²) in [4.78, 5) is 15.4. The van der Waals surface area contributed by atoms with Crippen molar-refractivity contribution in [2.45, 2.75) is 72.8 Å². The molecule has 1 aliphatic heterocycles. The molecule has 0 aliphatic carbocycles. The molecular formula is C25H34N2O4. The third-order valence-electron chi connectivity index (χ3n) is 6.18. The predicted octanol–water partition coefficient (Wildman–Crippen LogP) is 5.06. The van der Waals surface area contributed by atoms with Crippen LogP contribution in [-0.2, 0) is 11.2 Å². The zero-order chi connectivity index (χ0) is 22.8. The minimum atomic E-state index is -0.853. The van der Waals surface area contributed by atoms with Crippen LogP contribution in [0.3, 0.4) is 0 Å². The molecule has 1 aromatic heterocycles. The van der Waals surface area contributed by atoms with Gasteiger partial charge in [0.25, 0.3) is 0 Å². The summed E-state index contributed by atoms with van der Waals surface area (Å²) < 4.78 is 12.4. The molecule has 2 aromatic rings. The Bertz CT molecular complexity index is 966. The zero-order valence-electron chi connectivity index (χ0n) is 19.5. The molecule has 0 radical (unpaired) electrons. The van der Waals surface area contributed by atoms with E-state index in [0.717, 1.165) is 65.5 Å². The highest BCUT2D eigenvalue weighted by Crippen LogP contribution is 2.44. The number of aryl methyl sites for hydroxylation is 2. The van der Waals surface area contributed by atoms with E-state index in [1.165, 1.54) is 11.1 Å². The van der Waals surface area contributed by atoms with Gasteiger partial charge in [0.15, 0.2) is 0 Å². The van der Waals surface area contributed by atoms with E-state index < -0.39 is 5.97 Å². The van der Waals surface area contributed by atoms with Crippen molar-refractivity contribution >= 4 is 11.8 Å². The van der Waals surface area contributed by atoms with Crippen LogP contribution in [-0.4, -0.2) is 34.8 Å². The lowest BCUT2D eigenvalue weighted by Crippen LogP contribution is -2.39. The number of nitrogens with one attached hydrogen (secondary N) is 1. The Hall–Kier alpha value is -2.76. The van der Waals surface area contributed by atoms with Crippen LogP contribution in [0.2, 0.25) is 0 Å². The summed E-state index contributed by atoms with van der Waals surface area (Å²) in [5.41, 5.74) is 6.28. The normalized spacial score (nSPS) is 17.6. The summed E-state index contributed by atoms with van der Waals surface area (Å²) >= 11 is 0. The summed E-state index contributed by atoms with van der Waals surface area (Å²) in [6.07, 6.45) is 2.69. The summed E-state index contributed by atoms with van der Waals surface area (Å²) in [7, 11) is 0. The number of carboxylic acid groups (broad SMARTS) is 1. The van der Waals surface area contributed by atoms with Crippen molar-refractivity contribution < 1.29 is 19.4 Å². The number of ether oxygens (including phenoxy) is 2. The molecule has 0 fully saturated rings. The molecule has 1 atom stereocenters. The maximum atomic E-state index is 10.8. The lowest BCUT2D eigenvalue weighted by molar-refractivity contribution is -0.137. The number of hydrogen-bond donors (Lipinski definition) is 2. The van der Waals surface area contributed by atoms with Gasteiger partial charge in [-0.05, 0) is 88.8 Å². The van der Waals surface area contributed by atoms with Crippen molar-refractivity contribution in [3.63, 3.8) is 0 Å². The number of carbonyl (C=O) groups is 1. The van der Waals surface area contributed by atoms with Crippen LogP contribution in [0, 0.1) is 34.6 Å². The largest absolute Gasteiger partial charge is 0.492 e. The molecule has 6 nitrogen and oxygen atoms in total. The molecule has 0 amide bonds. The van der Waals surface area contributed by atoms with Crippen molar-refractivity contribution in [1.82, 2.24) is 4.98 Å². The first-order valence-corrected chi connectivity index (χ1v) is 10.9. The summed E-state index contributed by atoms with van der Waals surface area (Å²) in [5.74, 6) is 1.81. The molecule has 3 rings (SSSR count). The fraction of sp³-hybridized carbons (Fsp3) is 0.520. The van der Waals surface area contributed by atoms with Gasteiger partial charge in [-0.3, -0.25) is 4.79 Å². The molecule has 31 heavy (non-hydrogen) atoms. The van der Waals surface area contributed by atoms with Gasteiger partial charge in [0.05, 0.1) is 13.0 Å². The Kier molecular flexibility index (Phi) is 6.77. The van der Waals surface area contributed by atoms with Crippen LogP contribution >= 0.6 is 0 Å². The predicted molar refractivity (Wildman–Crippen MR) is 123 cm³/mol. The molecule has 1 aliphatic rings. The van der Waals surface area contributed by atoms with Crippen molar-refractivity contribution in [2.75, 3.05) is 18.5 Å². The van der Waals surface area contributed by atoms with E-state index in [1.54, 1.807) is 0 Å². The first-order valence-electron chi connectivity index (χ1n) is 10.9. The fourth-order valence-electron chi connectivity index (χ4n) is 4.30. The van der Waals surface area contributed by atoms with E-state index in [4.69, 9.17) is 14.6 Å². The van der Waals surface area contributed by atoms with Gasteiger partial charge < -0.3 is 19.9 Å². The Balaban J connectivity index is 1.72. The molecule has 0 saturated carbocycles. The third kappa shape index (κ3) is 5.30. The molecular weight excluding hydrogens is 392 g/mol. The second-order valence-electron chi connectivity index (χ2n) is 8.90. The first kappa shape index (κ1) is 22.9. The number of hydrogen-bond acceptors (Lipinski definition) is 5. The van der Waals surface area contributed by atoms with Crippen LogP contribution in [0.1, 0.15) is 59.7 Å². The average molecular weight is 427 g/mol. The number of fused-ring (bicyclic) bond motifs is 1. The van der Waals surface area contributed by atoms with Crippen molar-refractivity contribution in [1.29, 1.82) is 0 Å². The van der Waals surface area contributed by atoms with Crippen LogP contribution in [0.15, 0.2) is 12.1 Å². The molecule has 2 N–H and O–H groups in total. The number of rotatable bonds is 8. The second kappa shape index (κ2) is 9.16. The highest BCUT2D eigenvalue weighted by atomic mass is 16.5. The number of carboxylic acids is 1. The van der Waals surface area contributed by atoms with Gasteiger partial charge >= 0.3 is 5.97 Å². The van der Waals surface area contributed by atoms with E-state index in [2.05, 4.69) is 43.2 Å². The summed E-state index contributed by atoms with van der Waals surface area (Å²) in [6.45, 7) is 13.3. The first-order chi connectivity index (χ1) is 14.6. The molecule has 0 spiro atoms. The minimum Gasteiger partial charge on any atom is -0.492 e. The Morgan fingerprint density at radius 3 is 2.61 bits per heavy atom. The number of nitrogens with zero attached hydrogens (tertiary/aromatic N) is 1. The lowest BCUT2D eigenvalue weighted by atomic mass is 9.85. The standard InChI is InChI=1S/C25H34N2O4/c1-15-13-16(2)27-21(14-15)26-11-10-25(6)9-7-20-19(5)23(30-12-8-22(28)29)17(3)18(4)24(20)31-25/h13-14H,7-12H2,1-6H3,(H,26,27)(H,28,29). The van der Waals surface area contributed by atoms with E-state index in [9.17, 15) is 4.79 Å². The van der Waals surface area contributed by atoms with E-state index in [-0.39, 0.29) is 18.6 Å². The Morgan fingerprint density at radius 2 is 1.94 bits per heavy atom. The number of pyridine rings is 1. The van der Waals surface area contributed by atoms with E-state index in [0.29, 0.717) is 0 Å².